The number of benzene rings is 2. The monoisotopic (exact) mass is 666 g/mol. The molecule has 208 valence electrons. The summed E-state index contributed by atoms with van der Waals surface area (Å²) < 4.78 is -2.21. The molecule has 4 atom stereocenters. The van der Waals surface area contributed by atoms with Crippen LogP contribution in [0.25, 0.3) is 0 Å². The fourth-order valence-electron chi connectivity index (χ4n) is 5.31. The van der Waals surface area contributed by atoms with Gasteiger partial charge in [0, 0.05) is 23.8 Å². The molecule has 3 amide bonds. The first-order chi connectivity index (χ1) is 18.6. The van der Waals surface area contributed by atoms with E-state index in [9.17, 15) is 34.6 Å². The lowest BCUT2D eigenvalue weighted by atomic mass is 9.84. The average molecular weight is 669 g/mol. The number of carbonyl (C=O) groups excluding carboxylic acids is 3. The standard InChI is InChI=1S/C23H12Cl6N4O7/c24-16-17(25)22(27)15-14(21(16,26)23(22,28)29)19(35)31(20(15)36)30(9-11-3-1-2-4-13(11)33(39)40)18(34)10-5-7-12(8-6-10)32(37)38/h1-8,14-15H,9H2/t14-,15-,21+,22+/m0/s1. The van der Waals surface area contributed by atoms with Crippen LogP contribution in [0.1, 0.15) is 15.9 Å². The molecule has 1 aliphatic heterocycles. The predicted octanol–water partition coefficient (Wildman–Crippen LogP) is 5.51. The van der Waals surface area contributed by atoms with E-state index in [1.807, 2.05) is 0 Å². The molecule has 3 aliphatic rings. The SMILES string of the molecule is O=C(c1ccc([N+](=O)[O-])cc1)N(Cc1ccccc1[N+](=O)[O-])N1C(=O)[C@@H]2[C@@H](C1=O)[C@@]1(Cl)C(Cl)=C(Cl)[C@@]2(Cl)C1(Cl)Cl. The summed E-state index contributed by atoms with van der Waals surface area (Å²) in [6.07, 6.45) is 0. The quantitative estimate of drug-likeness (QED) is 0.171. The molecular weight excluding hydrogens is 657 g/mol. The second-order valence-corrected chi connectivity index (χ2v) is 12.4. The van der Waals surface area contributed by atoms with Crippen LogP contribution in [0.2, 0.25) is 0 Å². The van der Waals surface area contributed by atoms with Crippen molar-refractivity contribution in [2.24, 2.45) is 11.8 Å². The van der Waals surface area contributed by atoms with E-state index in [4.69, 9.17) is 69.6 Å². The lowest BCUT2D eigenvalue weighted by molar-refractivity contribution is -0.385. The number of allylic oxidation sites excluding steroid dienone is 2. The Labute approximate surface area is 254 Å². The Bertz CT molecular complexity index is 1520. The Kier molecular flexibility index (Phi) is 6.80. The summed E-state index contributed by atoms with van der Waals surface area (Å²) in [6, 6.07) is 9.64. The molecule has 1 saturated heterocycles. The second-order valence-electron chi connectivity index (χ2n) is 9.12. The van der Waals surface area contributed by atoms with Gasteiger partial charge >= 0.3 is 0 Å². The van der Waals surface area contributed by atoms with Gasteiger partial charge in [0.25, 0.3) is 29.1 Å². The van der Waals surface area contributed by atoms with Gasteiger partial charge in [-0.05, 0) is 12.1 Å². The van der Waals surface area contributed by atoms with Crippen LogP contribution in [-0.4, -0.2) is 51.7 Å². The Hall–Kier alpha value is -2.67. The van der Waals surface area contributed by atoms with E-state index in [0.29, 0.717) is 10.0 Å². The Balaban J connectivity index is 1.63. The topological polar surface area (TPSA) is 144 Å². The number of nitro benzene ring substituents is 2. The maximum atomic E-state index is 13.9. The minimum absolute atomic E-state index is 0.0391. The van der Waals surface area contributed by atoms with Gasteiger partial charge in [0.15, 0.2) is 4.33 Å². The third-order valence-corrected chi connectivity index (χ3v) is 11.5. The van der Waals surface area contributed by atoms with Crippen LogP contribution in [0.15, 0.2) is 58.6 Å². The number of amides is 3. The highest BCUT2D eigenvalue weighted by Gasteiger charge is 2.88. The average Bonchev–Trinajstić information content (AvgIpc) is 3.30. The molecule has 11 nitrogen and oxygen atoms in total. The number of non-ortho nitro benzene ring substituents is 1. The van der Waals surface area contributed by atoms with Crippen LogP contribution < -0.4 is 0 Å². The molecule has 0 aromatic heterocycles. The van der Waals surface area contributed by atoms with E-state index in [1.54, 1.807) is 0 Å². The first-order valence-electron chi connectivity index (χ1n) is 11.1. The summed E-state index contributed by atoms with van der Waals surface area (Å²) >= 11 is 39.2. The number of rotatable bonds is 6. The van der Waals surface area contributed by atoms with Crippen molar-refractivity contribution in [2.75, 3.05) is 0 Å². The van der Waals surface area contributed by atoms with Crippen LogP contribution in [0.5, 0.6) is 0 Å². The third-order valence-electron chi connectivity index (χ3n) is 7.19. The van der Waals surface area contributed by atoms with Crippen LogP contribution in [0.4, 0.5) is 11.4 Å². The maximum absolute atomic E-state index is 13.9. The molecule has 2 aliphatic carbocycles. The fourth-order valence-corrected chi connectivity index (χ4v) is 8.24. The molecule has 2 fully saturated rings. The molecule has 0 N–H and O–H groups in total. The van der Waals surface area contributed by atoms with Gasteiger partial charge < -0.3 is 0 Å². The number of para-hydroxylation sites is 1. The zero-order valence-corrected chi connectivity index (χ0v) is 23.9. The smallest absolute Gasteiger partial charge is 0.272 e. The fraction of sp³-hybridized carbons (Fsp3) is 0.261. The van der Waals surface area contributed by atoms with Crippen molar-refractivity contribution in [3.63, 3.8) is 0 Å². The highest BCUT2D eigenvalue weighted by molar-refractivity contribution is 6.66. The number of alkyl halides is 4. The summed E-state index contributed by atoms with van der Waals surface area (Å²) in [4.78, 5) is 58.6. The molecule has 0 unspecified atom stereocenters. The molecule has 2 aromatic rings. The van der Waals surface area contributed by atoms with E-state index in [1.165, 1.54) is 24.3 Å². The van der Waals surface area contributed by atoms with E-state index in [-0.39, 0.29) is 26.9 Å². The molecule has 5 rings (SSSR count). The predicted molar refractivity (Wildman–Crippen MR) is 145 cm³/mol. The molecular formula is C23H12Cl6N4O7. The molecule has 2 bridgehead atoms. The molecule has 40 heavy (non-hydrogen) atoms. The number of hydrazine groups is 1. The largest absolute Gasteiger partial charge is 0.274 e. The molecule has 17 heteroatoms. The van der Waals surface area contributed by atoms with Crippen molar-refractivity contribution in [3.05, 3.63) is 90.0 Å². The van der Waals surface area contributed by atoms with Crippen molar-refractivity contribution in [2.45, 2.75) is 20.6 Å². The lowest BCUT2D eigenvalue weighted by Crippen LogP contribution is -2.55. The van der Waals surface area contributed by atoms with E-state index < -0.39 is 65.7 Å². The number of fused-ring (bicyclic) bond motifs is 5. The van der Waals surface area contributed by atoms with Crippen LogP contribution in [0, 0.1) is 32.1 Å². The minimum atomic E-state index is -2.21. The first-order valence-corrected chi connectivity index (χ1v) is 13.4. The maximum Gasteiger partial charge on any atom is 0.274 e. The first kappa shape index (κ1) is 28.8. The van der Waals surface area contributed by atoms with Crippen molar-refractivity contribution < 1.29 is 24.2 Å². The van der Waals surface area contributed by atoms with Crippen molar-refractivity contribution in [1.29, 1.82) is 0 Å². The van der Waals surface area contributed by atoms with Crippen molar-refractivity contribution in [3.8, 4) is 0 Å². The highest BCUT2D eigenvalue weighted by atomic mass is 35.5. The number of hydrogen-bond acceptors (Lipinski definition) is 7. The Morgan fingerprint density at radius 2 is 1.35 bits per heavy atom. The van der Waals surface area contributed by atoms with Gasteiger partial charge in [0.05, 0.1) is 43.9 Å². The summed E-state index contributed by atoms with van der Waals surface area (Å²) in [5.41, 5.74) is -0.948. The summed E-state index contributed by atoms with van der Waals surface area (Å²) in [5, 5.41) is 23.2. The Morgan fingerprint density at radius 1 is 0.850 bits per heavy atom. The van der Waals surface area contributed by atoms with Crippen LogP contribution in [0.3, 0.4) is 0 Å². The van der Waals surface area contributed by atoms with Crippen molar-refractivity contribution >= 4 is 98.7 Å². The number of carbonyl (C=O) groups is 3. The summed E-state index contributed by atoms with van der Waals surface area (Å²) in [6.45, 7) is -0.643. The van der Waals surface area contributed by atoms with Gasteiger partial charge in [0.1, 0.15) is 9.75 Å². The van der Waals surface area contributed by atoms with E-state index >= 15 is 0 Å². The summed E-state index contributed by atoms with van der Waals surface area (Å²) in [7, 11) is 0. The van der Waals surface area contributed by atoms with Crippen LogP contribution in [-0.2, 0) is 16.1 Å². The van der Waals surface area contributed by atoms with E-state index in [0.717, 1.165) is 24.3 Å². The number of imide groups is 1. The molecule has 0 spiro atoms. The minimum Gasteiger partial charge on any atom is -0.272 e. The van der Waals surface area contributed by atoms with Gasteiger partial charge in [-0.2, -0.15) is 5.01 Å². The summed E-state index contributed by atoms with van der Waals surface area (Å²) in [5.74, 6) is -6.25. The van der Waals surface area contributed by atoms with Gasteiger partial charge in [0.2, 0.25) is 0 Å². The second kappa shape index (κ2) is 9.43. The van der Waals surface area contributed by atoms with Gasteiger partial charge in [-0.3, -0.25) is 34.6 Å². The zero-order valence-electron chi connectivity index (χ0n) is 19.4. The van der Waals surface area contributed by atoms with E-state index in [2.05, 4.69) is 0 Å². The zero-order chi connectivity index (χ0) is 29.5. The van der Waals surface area contributed by atoms with Gasteiger partial charge in [-0.15, -0.1) is 23.2 Å². The molecule has 0 radical (unpaired) electrons. The molecule has 1 heterocycles. The number of hydrogen-bond donors (Lipinski definition) is 0. The normalized spacial score (nSPS) is 28.2. The number of halogens is 6. The van der Waals surface area contributed by atoms with Crippen molar-refractivity contribution in [1.82, 2.24) is 10.0 Å². The van der Waals surface area contributed by atoms with Gasteiger partial charge in [-0.25, -0.2) is 5.01 Å². The van der Waals surface area contributed by atoms with Crippen LogP contribution >= 0.6 is 69.6 Å². The molecule has 2 aromatic carbocycles. The number of nitrogens with zero attached hydrogens (tertiary/aromatic N) is 4. The highest BCUT2D eigenvalue weighted by Crippen LogP contribution is 2.77. The third kappa shape index (κ3) is 3.55. The Morgan fingerprint density at radius 3 is 1.82 bits per heavy atom. The van der Waals surface area contributed by atoms with Gasteiger partial charge in [-0.1, -0.05) is 64.6 Å². The molecule has 1 saturated carbocycles. The lowest BCUT2D eigenvalue weighted by Gasteiger charge is -2.37. The number of nitro groups is 2.